The third-order valence-electron chi connectivity index (χ3n) is 4.20. The van der Waals surface area contributed by atoms with Crippen LogP contribution in [-0.2, 0) is 16.1 Å². The molecule has 1 aromatic carbocycles. The monoisotopic (exact) mass is 383 g/mol. The van der Waals surface area contributed by atoms with Gasteiger partial charge in [0.05, 0.1) is 10.2 Å². The Hall–Kier alpha value is -2.06. The first kappa shape index (κ1) is 17.8. The minimum absolute atomic E-state index is 0.00142. The highest BCUT2D eigenvalue weighted by atomic mass is 35.5. The molecule has 0 radical (unpaired) electrons. The highest BCUT2D eigenvalue weighted by molar-refractivity contribution is 7.16. The smallest absolute Gasteiger partial charge is 0.407 e. The van der Waals surface area contributed by atoms with Gasteiger partial charge in [-0.15, -0.1) is 0 Å². The fraction of sp³-hybridized carbons (Fsp3) is 0.438. The molecule has 0 bridgehead atoms. The molecule has 25 heavy (non-hydrogen) atoms. The predicted molar refractivity (Wildman–Crippen MR) is 96.2 cm³/mol. The van der Waals surface area contributed by atoms with E-state index in [2.05, 4.69) is 5.32 Å². The van der Waals surface area contributed by atoms with Crippen molar-refractivity contribution in [2.45, 2.75) is 25.5 Å². The standard InChI is InChI=1S/C16H18ClN3O4S/c1-18-15(22)24-11-4-6-19(7-5-11)14(21)9-20-12-3-2-10(17)8-13(12)25-16(20)23/h2-3,8,11H,4-7,9H2,1H3,(H,18,22). The van der Waals surface area contributed by atoms with Crippen molar-refractivity contribution >= 4 is 45.2 Å². The number of fused-ring (bicyclic) bond motifs is 1. The summed E-state index contributed by atoms with van der Waals surface area (Å²) in [6, 6.07) is 5.19. The maximum atomic E-state index is 12.5. The third-order valence-corrected chi connectivity index (χ3v) is 5.37. The summed E-state index contributed by atoms with van der Waals surface area (Å²) in [5, 5.41) is 2.98. The number of hydrogen-bond donors (Lipinski definition) is 1. The molecule has 2 aromatic rings. The van der Waals surface area contributed by atoms with E-state index in [1.807, 2.05) is 0 Å². The van der Waals surface area contributed by atoms with Gasteiger partial charge in [-0.3, -0.25) is 14.2 Å². The van der Waals surface area contributed by atoms with Crippen LogP contribution in [-0.4, -0.2) is 47.7 Å². The Morgan fingerprint density at radius 2 is 2.08 bits per heavy atom. The highest BCUT2D eigenvalue weighted by Crippen LogP contribution is 2.22. The summed E-state index contributed by atoms with van der Waals surface area (Å²) in [6.45, 7) is 1.01. The van der Waals surface area contributed by atoms with Crippen LogP contribution in [0.15, 0.2) is 23.0 Å². The lowest BCUT2D eigenvalue weighted by molar-refractivity contribution is -0.133. The van der Waals surface area contributed by atoms with E-state index in [0.717, 1.165) is 16.0 Å². The second kappa shape index (κ2) is 7.45. The number of amides is 2. The van der Waals surface area contributed by atoms with Crippen molar-refractivity contribution in [2.24, 2.45) is 0 Å². The van der Waals surface area contributed by atoms with Crippen LogP contribution in [0.5, 0.6) is 0 Å². The van der Waals surface area contributed by atoms with E-state index in [-0.39, 0.29) is 23.4 Å². The minimum atomic E-state index is -0.459. The van der Waals surface area contributed by atoms with E-state index >= 15 is 0 Å². The molecule has 1 fully saturated rings. The summed E-state index contributed by atoms with van der Waals surface area (Å²) in [4.78, 5) is 37.5. The summed E-state index contributed by atoms with van der Waals surface area (Å²) in [5.41, 5.74) is 0.714. The number of benzene rings is 1. The van der Waals surface area contributed by atoms with Crippen LogP contribution in [0.1, 0.15) is 12.8 Å². The number of piperidine rings is 1. The number of carbonyl (C=O) groups is 2. The number of ether oxygens (including phenoxy) is 1. The lowest BCUT2D eigenvalue weighted by Gasteiger charge is -2.31. The maximum absolute atomic E-state index is 12.5. The molecule has 1 aliphatic heterocycles. The van der Waals surface area contributed by atoms with Gasteiger partial charge in [-0.2, -0.15) is 0 Å². The van der Waals surface area contributed by atoms with E-state index in [1.165, 1.54) is 11.6 Å². The third kappa shape index (κ3) is 3.96. The molecular weight excluding hydrogens is 366 g/mol. The average Bonchev–Trinajstić information content (AvgIpc) is 2.90. The topological polar surface area (TPSA) is 80.6 Å². The van der Waals surface area contributed by atoms with Crippen LogP contribution < -0.4 is 10.2 Å². The molecule has 1 aromatic heterocycles. The van der Waals surface area contributed by atoms with Gasteiger partial charge in [0.1, 0.15) is 12.6 Å². The average molecular weight is 384 g/mol. The SMILES string of the molecule is CNC(=O)OC1CCN(C(=O)Cn2c(=O)sc3cc(Cl)ccc32)CC1. The van der Waals surface area contributed by atoms with Gasteiger partial charge in [0.25, 0.3) is 0 Å². The first-order valence-electron chi connectivity index (χ1n) is 7.93. The van der Waals surface area contributed by atoms with Crippen LogP contribution in [0.25, 0.3) is 10.2 Å². The van der Waals surface area contributed by atoms with Gasteiger partial charge in [-0.1, -0.05) is 22.9 Å². The van der Waals surface area contributed by atoms with Crippen molar-refractivity contribution in [3.8, 4) is 0 Å². The Bertz CT molecular complexity index is 855. The minimum Gasteiger partial charge on any atom is -0.446 e. The molecule has 7 nitrogen and oxygen atoms in total. The molecule has 1 N–H and O–H groups in total. The molecule has 2 heterocycles. The lowest BCUT2D eigenvalue weighted by Crippen LogP contribution is -2.44. The van der Waals surface area contributed by atoms with Gasteiger partial charge < -0.3 is 15.0 Å². The summed E-state index contributed by atoms with van der Waals surface area (Å²) in [6.07, 6.45) is 0.540. The number of hydrogen-bond acceptors (Lipinski definition) is 5. The van der Waals surface area contributed by atoms with E-state index in [1.54, 1.807) is 23.1 Å². The number of rotatable bonds is 3. The molecule has 0 saturated carbocycles. The fourth-order valence-electron chi connectivity index (χ4n) is 2.86. The van der Waals surface area contributed by atoms with Gasteiger partial charge in [0.2, 0.25) is 5.91 Å². The number of carbonyl (C=O) groups excluding carboxylic acids is 2. The van der Waals surface area contributed by atoms with Gasteiger partial charge in [-0.05, 0) is 18.2 Å². The van der Waals surface area contributed by atoms with Crippen molar-refractivity contribution < 1.29 is 14.3 Å². The molecule has 2 amide bonds. The second-order valence-electron chi connectivity index (χ2n) is 5.80. The molecular formula is C16H18ClN3O4S. The number of alkyl carbamates (subject to hydrolysis) is 1. The van der Waals surface area contributed by atoms with Crippen LogP contribution in [0.2, 0.25) is 5.02 Å². The maximum Gasteiger partial charge on any atom is 0.407 e. The Balaban J connectivity index is 1.65. The molecule has 0 aliphatic carbocycles. The van der Waals surface area contributed by atoms with Crippen molar-refractivity contribution in [3.63, 3.8) is 0 Å². The molecule has 9 heteroatoms. The summed E-state index contributed by atoms with van der Waals surface area (Å²) in [7, 11) is 1.51. The molecule has 0 spiro atoms. The zero-order valence-corrected chi connectivity index (χ0v) is 15.2. The highest BCUT2D eigenvalue weighted by Gasteiger charge is 2.25. The Labute approximate surface area is 153 Å². The van der Waals surface area contributed by atoms with E-state index in [4.69, 9.17) is 16.3 Å². The Morgan fingerprint density at radius 1 is 1.36 bits per heavy atom. The molecule has 0 atom stereocenters. The summed E-state index contributed by atoms with van der Waals surface area (Å²) in [5.74, 6) is -0.116. The van der Waals surface area contributed by atoms with Gasteiger partial charge in [0, 0.05) is 38.0 Å². The normalized spacial score (nSPS) is 15.4. The number of likely N-dealkylation sites (tertiary alicyclic amines) is 1. The van der Waals surface area contributed by atoms with Crippen molar-refractivity contribution in [1.82, 2.24) is 14.8 Å². The summed E-state index contributed by atoms with van der Waals surface area (Å²) < 4.78 is 7.45. The second-order valence-corrected chi connectivity index (χ2v) is 7.23. The summed E-state index contributed by atoms with van der Waals surface area (Å²) >= 11 is 7.03. The molecule has 1 saturated heterocycles. The molecule has 0 unspecified atom stereocenters. The molecule has 134 valence electrons. The van der Waals surface area contributed by atoms with Crippen molar-refractivity contribution in [1.29, 1.82) is 0 Å². The largest absolute Gasteiger partial charge is 0.446 e. The van der Waals surface area contributed by atoms with E-state index in [0.29, 0.717) is 36.5 Å². The number of aromatic nitrogens is 1. The predicted octanol–water partition coefficient (Wildman–Crippen LogP) is 2.06. The number of halogens is 1. The first-order valence-corrected chi connectivity index (χ1v) is 9.12. The Morgan fingerprint density at radius 3 is 2.76 bits per heavy atom. The molecule has 1 aliphatic rings. The van der Waals surface area contributed by atoms with E-state index < -0.39 is 6.09 Å². The van der Waals surface area contributed by atoms with Gasteiger partial charge >= 0.3 is 11.0 Å². The van der Waals surface area contributed by atoms with Crippen LogP contribution >= 0.6 is 22.9 Å². The fourth-order valence-corrected chi connectivity index (χ4v) is 4.03. The number of nitrogens with zero attached hydrogens (tertiary/aromatic N) is 2. The van der Waals surface area contributed by atoms with Crippen LogP contribution in [0.3, 0.4) is 0 Å². The van der Waals surface area contributed by atoms with Gasteiger partial charge in [-0.25, -0.2) is 4.79 Å². The van der Waals surface area contributed by atoms with E-state index in [9.17, 15) is 14.4 Å². The van der Waals surface area contributed by atoms with Gasteiger partial charge in [0.15, 0.2) is 0 Å². The number of nitrogens with one attached hydrogen (secondary N) is 1. The first-order chi connectivity index (χ1) is 12.0. The van der Waals surface area contributed by atoms with Crippen LogP contribution in [0.4, 0.5) is 4.79 Å². The molecule has 3 rings (SSSR count). The zero-order valence-electron chi connectivity index (χ0n) is 13.7. The quantitative estimate of drug-likeness (QED) is 0.879. The Kier molecular flexibility index (Phi) is 5.29. The van der Waals surface area contributed by atoms with Crippen LogP contribution in [0, 0.1) is 0 Å². The zero-order chi connectivity index (χ0) is 18.0. The van der Waals surface area contributed by atoms with Crippen molar-refractivity contribution in [3.05, 3.63) is 32.9 Å². The van der Waals surface area contributed by atoms with Crippen molar-refractivity contribution in [2.75, 3.05) is 20.1 Å². The lowest BCUT2D eigenvalue weighted by atomic mass is 10.1. The number of thiazole rings is 1.